The number of aromatic nitrogens is 3. The van der Waals surface area contributed by atoms with Crippen LogP contribution in [0, 0.1) is 5.82 Å². The first kappa shape index (κ1) is 19.9. The average molecular weight is 412 g/mol. The molecule has 0 amide bonds. The van der Waals surface area contributed by atoms with Gasteiger partial charge < -0.3 is 10.2 Å². The van der Waals surface area contributed by atoms with E-state index in [1.54, 1.807) is 23.9 Å². The second-order valence-corrected chi connectivity index (χ2v) is 8.24. The van der Waals surface area contributed by atoms with Crippen molar-refractivity contribution in [2.45, 2.75) is 31.0 Å². The van der Waals surface area contributed by atoms with Gasteiger partial charge in [0.15, 0.2) is 11.0 Å². The number of piperidine rings is 1. The van der Waals surface area contributed by atoms with Gasteiger partial charge in [0.25, 0.3) is 0 Å². The molecule has 4 rings (SSSR count). The number of nitrogens with zero attached hydrogens (tertiary/aromatic N) is 4. The Kier molecular flexibility index (Phi) is 6.79. The summed E-state index contributed by atoms with van der Waals surface area (Å²) < 4.78 is 15.2. The van der Waals surface area contributed by atoms with Crippen molar-refractivity contribution in [3.05, 3.63) is 66.2 Å². The van der Waals surface area contributed by atoms with E-state index in [2.05, 4.69) is 37.1 Å². The molecule has 0 aliphatic carbocycles. The number of para-hydroxylation sites is 1. The van der Waals surface area contributed by atoms with Gasteiger partial charge >= 0.3 is 0 Å². The highest BCUT2D eigenvalue weighted by atomic mass is 32.2. The van der Waals surface area contributed by atoms with Crippen LogP contribution in [-0.2, 0) is 6.54 Å². The number of benzene rings is 2. The second-order valence-electron chi connectivity index (χ2n) is 7.18. The first-order valence-electron chi connectivity index (χ1n) is 10.1. The molecule has 1 aromatic heterocycles. The molecule has 7 heteroatoms. The molecule has 29 heavy (non-hydrogen) atoms. The Morgan fingerprint density at radius 3 is 2.45 bits per heavy atom. The Morgan fingerprint density at radius 1 is 0.931 bits per heavy atom. The molecule has 0 saturated carbocycles. The summed E-state index contributed by atoms with van der Waals surface area (Å²) in [6, 6.07) is 16.5. The number of hydrogen-bond acceptors (Lipinski definition) is 5. The Hall–Kier alpha value is -2.38. The Bertz CT molecular complexity index is 891. The normalized spacial score (nSPS) is 14.8. The fourth-order valence-electron chi connectivity index (χ4n) is 3.54. The van der Waals surface area contributed by atoms with Crippen LogP contribution in [0.4, 0.5) is 10.1 Å². The minimum Gasteiger partial charge on any atom is -0.378 e. The summed E-state index contributed by atoms with van der Waals surface area (Å²) >= 11 is 1.75. The lowest BCUT2D eigenvalue weighted by Gasteiger charge is -2.25. The van der Waals surface area contributed by atoms with E-state index in [1.807, 2.05) is 18.2 Å². The van der Waals surface area contributed by atoms with Crippen molar-refractivity contribution in [3.8, 4) is 5.69 Å². The van der Waals surface area contributed by atoms with Gasteiger partial charge in [-0.05, 0) is 62.3 Å². The lowest BCUT2D eigenvalue weighted by atomic mass is 10.1. The zero-order valence-corrected chi connectivity index (χ0v) is 17.2. The van der Waals surface area contributed by atoms with Gasteiger partial charge in [0.1, 0.15) is 5.82 Å². The lowest BCUT2D eigenvalue weighted by Crippen LogP contribution is -2.31. The molecule has 0 radical (unpaired) electrons. The van der Waals surface area contributed by atoms with E-state index >= 15 is 0 Å². The van der Waals surface area contributed by atoms with Crippen LogP contribution in [-0.4, -0.2) is 45.1 Å². The number of rotatable bonds is 8. The molecular formula is C22H26FN5S. The molecule has 1 aliphatic rings. The first-order chi connectivity index (χ1) is 14.3. The summed E-state index contributed by atoms with van der Waals surface area (Å²) in [5.74, 6) is 1.59. The molecule has 1 saturated heterocycles. The molecule has 1 aliphatic heterocycles. The van der Waals surface area contributed by atoms with Crippen LogP contribution in [0.5, 0.6) is 0 Å². The summed E-state index contributed by atoms with van der Waals surface area (Å²) in [6.45, 7) is 4.01. The average Bonchev–Trinajstić information content (AvgIpc) is 3.17. The van der Waals surface area contributed by atoms with Crippen LogP contribution in [0.1, 0.15) is 25.1 Å². The highest BCUT2D eigenvalue weighted by Crippen LogP contribution is 2.23. The third-order valence-corrected chi connectivity index (χ3v) is 6.01. The van der Waals surface area contributed by atoms with Crippen molar-refractivity contribution < 1.29 is 4.39 Å². The quantitative estimate of drug-likeness (QED) is 0.549. The summed E-state index contributed by atoms with van der Waals surface area (Å²) in [6.07, 6.45) is 3.98. The van der Waals surface area contributed by atoms with E-state index in [0.29, 0.717) is 6.54 Å². The first-order valence-corrected chi connectivity index (χ1v) is 11.1. The molecule has 5 nitrogen and oxygen atoms in total. The van der Waals surface area contributed by atoms with Gasteiger partial charge in [-0.1, -0.05) is 36.4 Å². The molecule has 0 atom stereocenters. The predicted molar refractivity (Wildman–Crippen MR) is 116 cm³/mol. The molecule has 3 aromatic rings. The standard InChI is InChI=1S/C22H26FN5S/c23-18-9-11-19(12-10-18)24-17-21-25-26-22(28(21)20-7-3-1-4-8-20)29-16-15-27-13-5-2-6-14-27/h1,3-4,7-12,24H,2,5-6,13-17H2. The SMILES string of the molecule is Fc1ccc(NCc2nnc(SCCN3CCCCC3)n2-c2ccccc2)cc1. The smallest absolute Gasteiger partial charge is 0.195 e. The molecule has 152 valence electrons. The lowest BCUT2D eigenvalue weighted by molar-refractivity contribution is 0.242. The Balaban J connectivity index is 1.46. The summed E-state index contributed by atoms with van der Waals surface area (Å²) in [4.78, 5) is 2.54. The van der Waals surface area contributed by atoms with Gasteiger partial charge in [0.2, 0.25) is 0 Å². The molecule has 1 N–H and O–H groups in total. The zero-order chi connectivity index (χ0) is 19.9. The van der Waals surface area contributed by atoms with Gasteiger partial charge in [-0.2, -0.15) is 0 Å². The molecule has 2 heterocycles. The summed E-state index contributed by atoms with van der Waals surface area (Å²) in [5.41, 5.74) is 1.90. The van der Waals surface area contributed by atoms with E-state index in [1.165, 1.54) is 44.5 Å². The predicted octanol–water partition coefficient (Wildman–Crippen LogP) is 4.60. The Labute approximate surface area is 175 Å². The van der Waals surface area contributed by atoms with Crippen molar-refractivity contribution in [2.75, 3.05) is 30.7 Å². The molecular weight excluding hydrogens is 385 g/mol. The highest BCUT2D eigenvalue weighted by molar-refractivity contribution is 7.99. The third kappa shape index (κ3) is 5.36. The second kappa shape index (κ2) is 9.89. The van der Waals surface area contributed by atoms with Crippen LogP contribution in [0.2, 0.25) is 0 Å². The van der Waals surface area contributed by atoms with Gasteiger partial charge in [0.05, 0.1) is 6.54 Å². The van der Waals surface area contributed by atoms with Gasteiger partial charge in [-0.3, -0.25) is 4.57 Å². The van der Waals surface area contributed by atoms with Crippen molar-refractivity contribution in [1.82, 2.24) is 19.7 Å². The number of hydrogen-bond donors (Lipinski definition) is 1. The fourth-order valence-corrected chi connectivity index (χ4v) is 4.51. The van der Waals surface area contributed by atoms with Crippen molar-refractivity contribution in [2.24, 2.45) is 0 Å². The zero-order valence-electron chi connectivity index (χ0n) is 16.4. The monoisotopic (exact) mass is 411 g/mol. The molecule has 0 bridgehead atoms. The van der Waals surface area contributed by atoms with Gasteiger partial charge in [-0.25, -0.2) is 4.39 Å². The van der Waals surface area contributed by atoms with Crippen LogP contribution in [0.15, 0.2) is 59.8 Å². The number of nitrogens with one attached hydrogen (secondary N) is 1. The van der Waals surface area contributed by atoms with Gasteiger partial charge in [-0.15, -0.1) is 10.2 Å². The Morgan fingerprint density at radius 2 is 1.69 bits per heavy atom. The van der Waals surface area contributed by atoms with Crippen LogP contribution < -0.4 is 5.32 Å². The van der Waals surface area contributed by atoms with E-state index in [0.717, 1.165) is 34.7 Å². The van der Waals surface area contributed by atoms with Crippen LogP contribution in [0.25, 0.3) is 5.69 Å². The largest absolute Gasteiger partial charge is 0.378 e. The van der Waals surface area contributed by atoms with Crippen LogP contribution >= 0.6 is 11.8 Å². The maximum absolute atomic E-state index is 13.1. The highest BCUT2D eigenvalue weighted by Gasteiger charge is 2.15. The summed E-state index contributed by atoms with van der Waals surface area (Å²) in [7, 11) is 0. The topological polar surface area (TPSA) is 46.0 Å². The minimum atomic E-state index is -0.240. The molecule has 0 spiro atoms. The molecule has 0 unspecified atom stereocenters. The molecule has 2 aromatic carbocycles. The van der Waals surface area contributed by atoms with Crippen LogP contribution in [0.3, 0.4) is 0 Å². The number of halogens is 1. The summed E-state index contributed by atoms with van der Waals surface area (Å²) in [5, 5.41) is 13.1. The van der Waals surface area contributed by atoms with Gasteiger partial charge in [0, 0.05) is 23.7 Å². The van der Waals surface area contributed by atoms with E-state index in [9.17, 15) is 4.39 Å². The fraction of sp³-hybridized carbons (Fsp3) is 0.364. The number of anilines is 1. The number of thioether (sulfide) groups is 1. The van der Waals surface area contributed by atoms with E-state index < -0.39 is 0 Å². The number of likely N-dealkylation sites (tertiary alicyclic amines) is 1. The van der Waals surface area contributed by atoms with E-state index in [-0.39, 0.29) is 5.82 Å². The van der Waals surface area contributed by atoms with Crippen molar-refractivity contribution in [3.63, 3.8) is 0 Å². The molecule has 1 fully saturated rings. The minimum absolute atomic E-state index is 0.240. The van der Waals surface area contributed by atoms with E-state index in [4.69, 9.17) is 0 Å². The third-order valence-electron chi connectivity index (χ3n) is 5.10. The van der Waals surface area contributed by atoms with Crippen molar-refractivity contribution in [1.29, 1.82) is 0 Å². The maximum Gasteiger partial charge on any atom is 0.195 e. The maximum atomic E-state index is 13.1. The van der Waals surface area contributed by atoms with Crippen molar-refractivity contribution >= 4 is 17.4 Å².